The molecule has 5 heteroatoms. The summed E-state index contributed by atoms with van der Waals surface area (Å²) >= 11 is 0. The maximum absolute atomic E-state index is 12.9. The van der Waals surface area contributed by atoms with Gasteiger partial charge in [0.05, 0.1) is 0 Å². The Balaban J connectivity index is 0.00000117. The Labute approximate surface area is 159 Å². The number of unbranched alkanes of at least 4 members (excludes halogenated alkanes) is 1. The molecule has 26 heavy (non-hydrogen) atoms. The highest BCUT2D eigenvalue weighted by molar-refractivity contribution is 6.08. The predicted molar refractivity (Wildman–Crippen MR) is 106 cm³/mol. The first-order valence-electron chi connectivity index (χ1n) is 10.8. The number of nitrogens with zero attached hydrogens (tertiary/aromatic N) is 3. The Morgan fingerprint density at radius 2 is 1.77 bits per heavy atom. The average Bonchev–Trinajstić information content (AvgIpc) is 3.30. The molecular weight excluding hydrogens is 326 g/mol. The van der Waals surface area contributed by atoms with Gasteiger partial charge in [-0.15, -0.1) is 0 Å². The van der Waals surface area contributed by atoms with Crippen LogP contribution in [0.25, 0.3) is 0 Å². The van der Waals surface area contributed by atoms with Gasteiger partial charge < -0.3 is 4.90 Å². The predicted octanol–water partition coefficient (Wildman–Crippen LogP) is 4.01. The number of likely N-dealkylation sites (N-methyl/N-ethyl adjacent to an activating group) is 1. The lowest BCUT2D eigenvalue weighted by Gasteiger charge is -2.37. The normalized spacial score (nSPS) is 22.5. The van der Waals surface area contributed by atoms with E-state index in [0.29, 0.717) is 38.4 Å². The van der Waals surface area contributed by atoms with Crippen LogP contribution in [-0.4, -0.2) is 52.6 Å². The quantitative estimate of drug-likeness (QED) is 0.741. The number of hydrogen-bond donors (Lipinski definition) is 0. The van der Waals surface area contributed by atoms with Gasteiger partial charge in [-0.1, -0.05) is 40.0 Å². The minimum atomic E-state index is -0.578. The number of hydrogen-bond acceptors (Lipinski definition) is 3. The van der Waals surface area contributed by atoms with Gasteiger partial charge in [-0.05, 0) is 39.0 Å². The number of carbonyl (C=O) groups excluding carboxylic acids is 2. The van der Waals surface area contributed by atoms with Crippen LogP contribution in [0.3, 0.4) is 0 Å². The van der Waals surface area contributed by atoms with Crippen molar-refractivity contribution in [3.8, 4) is 0 Å². The summed E-state index contributed by atoms with van der Waals surface area (Å²) in [5.41, 5.74) is -0.578. The molecule has 0 N–H and O–H groups in total. The molecule has 1 saturated carbocycles. The third-order valence-electron chi connectivity index (χ3n) is 5.97. The summed E-state index contributed by atoms with van der Waals surface area (Å²) in [6.07, 6.45) is 8.92. The molecular formula is C21H37N3O2. The largest absolute Gasteiger partial charge is 0.342 e. The fraction of sp³-hybridized carbons (Fsp3) is 0.857. The molecule has 0 atom stereocenters. The monoisotopic (exact) mass is 363 g/mol. The van der Waals surface area contributed by atoms with Gasteiger partial charge in [0.25, 0.3) is 5.91 Å². The minimum Gasteiger partial charge on any atom is -0.342 e. The first kappa shape index (κ1) is 20.9. The highest BCUT2D eigenvalue weighted by Crippen LogP contribution is 2.36. The summed E-state index contributed by atoms with van der Waals surface area (Å²) in [4.78, 5) is 34.3. The fourth-order valence-corrected chi connectivity index (χ4v) is 4.43. The standard InChI is InChI=1S/C19H31N3O2.C2H6/c1-3-5-10-16-20-19(18(24)22(16)4-2)11-13-21(14-12-19)17(23)15-8-6-7-9-15;1-2/h15H,3-14H2,1-2H3;1-2H3. The molecule has 1 spiro atoms. The van der Waals surface area contributed by atoms with E-state index in [9.17, 15) is 9.59 Å². The lowest BCUT2D eigenvalue weighted by molar-refractivity contribution is -0.140. The van der Waals surface area contributed by atoms with Crippen molar-refractivity contribution < 1.29 is 9.59 Å². The van der Waals surface area contributed by atoms with Gasteiger partial charge in [0.1, 0.15) is 11.4 Å². The number of piperidine rings is 1. The molecule has 2 fully saturated rings. The van der Waals surface area contributed by atoms with Crippen LogP contribution in [0.15, 0.2) is 4.99 Å². The molecule has 0 bridgehead atoms. The van der Waals surface area contributed by atoms with E-state index in [1.807, 2.05) is 30.6 Å². The maximum Gasteiger partial charge on any atom is 0.255 e. The smallest absolute Gasteiger partial charge is 0.255 e. The van der Waals surface area contributed by atoms with Crippen molar-refractivity contribution in [2.24, 2.45) is 10.9 Å². The van der Waals surface area contributed by atoms with Crippen LogP contribution in [0.1, 0.15) is 85.5 Å². The highest BCUT2D eigenvalue weighted by atomic mass is 16.2. The van der Waals surface area contributed by atoms with E-state index in [1.54, 1.807) is 0 Å². The lowest BCUT2D eigenvalue weighted by atomic mass is 9.87. The second-order valence-corrected chi connectivity index (χ2v) is 7.52. The molecule has 0 aromatic heterocycles. The van der Waals surface area contributed by atoms with Crippen LogP contribution in [0, 0.1) is 5.92 Å². The maximum atomic E-state index is 12.9. The fourth-order valence-electron chi connectivity index (χ4n) is 4.43. The van der Waals surface area contributed by atoms with Gasteiger partial charge >= 0.3 is 0 Å². The molecule has 148 valence electrons. The Morgan fingerprint density at radius 1 is 1.15 bits per heavy atom. The topological polar surface area (TPSA) is 53.0 Å². The highest BCUT2D eigenvalue weighted by Gasteiger charge is 2.49. The molecule has 3 aliphatic rings. The number of aliphatic imine (C=N–C) groups is 1. The molecule has 0 aromatic rings. The Kier molecular flexibility index (Phi) is 7.66. The van der Waals surface area contributed by atoms with Crippen molar-refractivity contribution in [2.45, 2.75) is 91.0 Å². The SMILES string of the molecule is CC.CCCCC1=NC2(CCN(C(=O)C3CCCC3)CC2)C(=O)N1CC. The second kappa shape index (κ2) is 9.52. The van der Waals surface area contributed by atoms with E-state index in [-0.39, 0.29) is 11.8 Å². The molecule has 0 radical (unpaired) electrons. The number of amidine groups is 1. The van der Waals surface area contributed by atoms with E-state index >= 15 is 0 Å². The van der Waals surface area contributed by atoms with Crippen LogP contribution >= 0.6 is 0 Å². The lowest BCUT2D eigenvalue weighted by Crippen LogP contribution is -2.52. The average molecular weight is 364 g/mol. The molecule has 2 amide bonds. The van der Waals surface area contributed by atoms with Gasteiger partial charge in [-0.25, -0.2) is 0 Å². The summed E-state index contributed by atoms with van der Waals surface area (Å²) in [5.74, 6) is 1.69. The van der Waals surface area contributed by atoms with Gasteiger partial charge in [-0.3, -0.25) is 19.5 Å². The summed E-state index contributed by atoms with van der Waals surface area (Å²) in [7, 11) is 0. The van der Waals surface area contributed by atoms with Crippen LogP contribution < -0.4 is 0 Å². The van der Waals surface area contributed by atoms with Crippen molar-refractivity contribution in [3.63, 3.8) is 0 Å². The van der Waals surface area contributed by atoms with E-state index in [0.717, 1.165) is 37.9 Å². The number of rotatable bonds is 5. The van der Waals surface area contributed by atoms with Crippen LogP contribution in [0.2, 0.25) is 0 Å². The summed E-state index contributed by atoms with van der Waals surface area (Å²) in [6, 6.07) is 0. The molecule has 2 aliphatic heterocycles. The van der Waals surface area contributed by atoms with Crippen molar-refractivity contribution in [1.29, 1.82) is 0 Å². The number of carbonyl (C=O) groups is 2. The second-order valence-electron chi connectivity index (χ2n) is 7.52. The Morgan fingerprint density at radius 3 is 2.31 bits per heavy atom. The molecule has 0 unspecified atom stereocenters. The first-order chi connectivity index (χ1) is 12.6. The number of amides is 2. The Bertz CT molecular complexity index is 515. The van der Waals surface area contributed by atoms with Gasteiger partial charge in [-0.2, -0.15) is 0 Å². The van der Waals surface area contributed by atoms with Crippen LogP contribution in [0.4, 0.5) is 0 Å². The minimum absolute atomic E-state index is 0.170. The third-order valence-corrected chi connectivity index (χ3v) is 5.97. The third kappa shape index (κ3) is 4.12. The van der Waals surface area contributed by atoms with Crippen molar-refractivity contribution in [3.05, 3.63) is 0 Å². The van der Waals surface area contributed by atoms with E-state index in [4.69, 9.17) is 4.99 Å². The van der Waals surface area contributed by atoms with E-state index in [2.05, 4.69) is 6.92 Å². The molecule has 2 heterocycles. The molecule has 0 aromatic carbocycles. The Hall–Kier alpha value is -1.39. The summed E-state index contributed by atoms with van der Waals surface area (Å²) < 4.78 is 0. The summed E-state index contributed by atoms with van der Waals surface area (Å²) in [6.45, 7) is 10.3. The molecule has 5 nitrogen and oxygen atoms in total. The van der Waals surface area contributed by atoms with Crippen molar-refractivity contribution in [2.75, 3.05) is 19.6 Å². The number of likely N-dealkylation sites (tertiary alicyclic amines) is 1. The van der Waals surface area contributed by atoms with Gasteiger partial charge in [0, 0.05) is 32.0 Å². The van der Waals surface area contributed by atoms with Crippen molar-refractivity contribution >= 4 is 17.6 Å². The first-order valence-corrected chi connectivity index (χ1v) is 10.8. The van der Waals surface area contributed by atoms with Crippen LogP contribution in [-0.2, 0) is 9.59 Å². The van der Waals surface area contributed by atoms with Gasteiger partial charge in [0.15, 0.2) is 0 Å². The summed E-state index contributed by atoms with van der Waals surface area (Å²) in [5, 5.41) is 0. The zero-order valence-corrected chi connectivity index (χ0v) is 17.2. The molecule has 1 saturated heterocycles. The molecule has 3 rings (SSSR count). The zero-order valence-electron chi connectivity index (χ0n) is 17.2. The molecule has 1 aliphatic carbocycles. The van der Waals surface area contributed by atoms with E-state index < -0.39 is 5.54 Å². The van der Waals surface area contributed by atoms with Crippen molar-refractivity contribution in [1.82, 2.24) is 9.80 Å². The zero-order chi connectivity index (χ0) is 19.2. The van der Waals surface area contributed by atoms with E-state index in [1.165, 1.54) is 12.8 Å². The van der Waals surface area contributed by atoms with Crippen LogP contribution in [0.5, 0.6) is 0 Å². The van der Waals surface area contributed by atoms with Gasteiger partial charge in [0.2, 0.25) is 5.91 Å².